The highest BCUT2D eigenvalue weighted by Crippen LogP contribution is 2.21. The molecule has 0 amide bonds. The minimum absolute atomic E-state index is 0.0905. The van der Waals surface area contributed by atoms with Crippen LogP contribution in [0.4, 0.5) is 4.39 Å². The van der Waals surface area contributed by atoms with Gasteiger partial charge in [-0.1, -0.05) is 13.8 Å². The molecule has 0 fully saturated rings. The zero-order valence-electron chi connectivity index (χ0n) is 12.3. The van der Waals surface area contributed by atoms with E-state index in [1.165, 1.54) is 6.92 Å². The summed E-state index contributed by atoms with van der Waals surface area (Å²) >= 11 is 0. The van der Waals surface area contributed by atoms with Gasteiger partial charge in [0.05, 0.1) is 17.1 Å². The van der Waals surface area contributed by atoms with Crippen molar-refractivity contribution in [2.45, 2.75) is 38.5 Å². The van der Waals surface area contributed by atoms with E-state index in [-0.39, 0.29) is 17.7 Å². The summed E-state index contributed by atoms with van der Waals surface area (Å²) in [7, 11) is -4.10. The van der Waals surface area contributed by atoms with Gasteiger partial charge in [0, 0.05) is 0 Å². The Morgan fingerprint density at radius 2 is 2.00 bits per heavy atom. The fraction of sp³-hybridized carbons (Fsp3) is 0.500. The van der Waals surface area contributed by atoms with Crippen LogP contribution in [0.25, 0.3) is 0 Å². The molecule has 0 aliphatic carbocycles. The fourth-order valence-electron chi connectivity index (χ4n) is 1.90. The number of hydrogen-bond acceptors (Lipinski definition) is 4. The minimum atomic E-state index is -4.10. The van der Waals surface area contributed by atoms with Gasteiger partial charge >= 0.3 is 5.97 Å². The van der Waals surface area contributed by atoms with Crippen LogP contribution in [-0.4, -0.2) is 21.0 Å². The molecule has 0 atom stereocenters. The average molecular weight is 317 g/mol. The fourth-order valence-corrected chi connectivity index (χ4v) is 2.71. The molecule has 21 heavy (non-hydrogen) atoms. The predicted octanol–water partition coefficient (Wildman–Crippen LogP) is 2.37. The molecule has 0 unspecified atom stereocenters. The van der Waals surface area contributed by atoms with E-state index in [9.17, 15) is 17.6 Å². The van der Waals surface area contributed by atoms with Crippen molar-refractivity contribution in [3.8, 4) is 0 Å². The van der Waals surface area contributed by atoms with Gasteiger partial charge in [0.2, 0.25) is 10.0 Å². The molecule has 0 spiro atoms. The summed E-state index contributed by atoms with van der Waals surface area (Å²) in [6, 6.07) is 1.75. The van der Waals surface area contributed by atoms with Crippen LogP contribution in [0.1, 0.15) is 42.6 Å². The lowest BCUT2D eigenvalue weighted by molar-refractivity contribution is 0.0493. The summed E-state index contributed by atoms with van der Waals surface area (Å²) in [5.74, 6) is -1.10. The lowest BCUT2D eigenvalue weighted by Gasteiger charge is -2.11. The van der Waals surface area contributed by atoms with Crippen LogP contribution >= 0.6 is 0 Å². The number of rotatable bonds is 6. The maximum Gasteiger partial charge on any atom is 0.338 e. The Bertz CT molecular complexity index is 626. The van der Waals surface area contributed by atoms with E-state index in [1.807, 2.05) is 0 Å². The predicted molar refractivity (Wildman–Crippen MR) is 76.9 cm³/mol. The van der Waals surface area contributed by atoms with Gasteiger partial charge in [-0.15, -0.1) is 0 Å². The zero-order chi connectivity index (χ0) is 16.2. The first-order chi connectivity index (χ1) is 9.62. The molecule has 1 aromatic carbocycles. The van der Waals surface area contributed by atoms with Crippen LogP contribution in [0.2, 0.25) is 0 Å². The van der Waals surface area contributed by atoms with Gasteiger partial charge in [-0.3, -0.25) is 0 Å². The molecule has 118 valence electrons. The highest BCUT2D eigenvalue weighted by atomic mass is 32.2. The highest BCUT2D eigenvalue weighted by molar-refractivity contribution is 7.89. The van der Waals surface area contributed by atoms with Crippen LogP contribution in [0.3, 0.4) is 0 Å². The van der Waals surface area contributed by atoms with Crippen LogP contribution in [-0.2, 0) is 14.8 Å². The van der Waals surface area contributed by atoms with Crippen molar-refractivity contribution in [2.75, 3.05) is 6.61 Å². The van der Waals surface area contributed by atoms with Crippen molar-refractivity contribution in [1.29, 1.82) is 0 Å². The maximum absolute atomic E-state index is 13.5. The number of carbonyl (C=O) groups is 1. The standard InChI is InChI=1S/C14H20FNO4S/c1-9(2)5-4-6-20-14(17)12-7-11(15)8-13(10(12)3)21(16,18)19/h7-9H,4-6H2,1-3H3,(H2,16,18,19). The van der Waals surface area contributed by atoms with Gasteiger partial charge in [0.1, 0.15) is 5.82 Å². The number of esters is 1. The van der Waals surface area contributed by atoms with E-state index in [1.54, 1.807) is 0 Å². The van der Waals surface area contributed by atoms with Crippen LogP contribution in [0.15, 0.2) is 17.0 Å². The van der Waals surface area contributed by atoms with E-state index in [2.05, 4.69) is 13.8 Å². The Morgan fingerprint density at radius 3 is 2.52 bits per heavy atom. The molecule has 0 aliphatic heterocycles. The number of ether oxygens (including phenoxy) is 1. The Kier molecular flexibility index (Phi) is 5.86. The van der Waals surface area contributed by atoms with E-state index < -0.39 is 26.7 Å². The number of halogens is 1. The van der Waals surface area contributed by atoms with Crippen LogP contribution in [0, 0.1) is 18.7 Å². The first kappa shape index (κ1) is 17.6. The second kappa shape index (κ2) is 7.00. The first-order valence-electron chi connectivity index (χ1n) is 6.63. The molecule has 1 rings (SSSR count). The summed E-state index contributed by atoms with van der Waals surface area (Å²) in [4.78, 5) is 11.5. The van der Waals surface area contributed by atoms with Crippen molar-refractivity contribution in [3.63, 3.8) is 0 Å². The van der Waals surface area contributed by atoms with Crippen LogP contribution < -0.4 is 5.14 Å². The average Bonchev–Trinajstić information content (AvgIpc) is 2.35. The number of carbonyl (C=O) groups excluding carboxylic acids is 1. The number of nitrogens with two attached hydrogens (primary N) is 1. The van der Waals surface area contributed by atoms with Gasteiger partial charge in [0.25, 0.3) is 0 Å². The maximum atomic E-state index is 13.5. The van der Waals surface area contributed by atoms with Crippen molar-refractivity contribution < 1.29 is 22.3 Å². The molecule has 0 saturated carbocycles. The van der Waals surface area contributed by atoms with E-state index in [4.69, 9.17) is 9.88 Å². The number of hydrogen-bond donors (Lipinski definition) is 1. The van der Waals surface area contributed by atoms with Gasteiger partial charge in [-0.05, 0) is 43.4 Å². The molecule has 0 aliphatic rings. The Labute approximate surface area is 124 Å². The van der Waals surface area contributed by atoms with Gasteiger partial charge in [-0.25, -0.2) is 22.7 Å². The number of benzene rings is 1. The normalized spacial score (nSPS) is 11.7. The molecule has 1 aromatic rings. The quantitative estimate of drug-likeness (QED) is 0.644. The lowest BCUT2D eigenvalue weighted by atomic mass is 10.1. The van der Waals surface area contributed by atoms with Gasteiger partial charge < -0.3 is 4.74 Å². The van der Waals surface area contributed by atoms with E-state index in [0.717, 1.165) is 18.6 Å². The number of primary sulfonamides is 1. The van der Waals surface area contributed by atoms with Gasteiger partial charge in [0.15, 0.2) is 0 Å². The smallest absolute Gasteiger partial charge is 0.338 e. The third-order valence-corrected chi connectivity index (χ3v) is 4.05. The SMILES string of the molecule is Cc1c(C(=O)OCCCC(C)C)cc(F)cc1S(N)(=O)=O. The summed E-state index contributed by atoms with van der Waals surface area (Å²) in [5.41, 5.74) is -0.0312. The first-order valence-corrected chi connectivity index (χ1v) is 8.17. The molecule has 2 N–H and O–H groups in total. The molecule has 0 heterocycles. The molecule has 0 bridgehead atoms. The van der Waals surface area contributed by atoms with E-state index >= 15 is 0 Å². The molecular weight excluding hydrogens is 297 g/mol. The zero-order valence-corrected chi connectivity index (χ0v) is 13.2. The van der Waals surface area contributed by atoms with Crippen molar-refractivity contribution in [2.24, 2.45) is 11.1 Å². The lowest BCUT2D eigenvalue weighted by Crippen LogP contribution is -2.17. The Balaban J connectivity index is 2.93. The van der Waals surface area contributed by atoms with Crippen molar-refractivity contribution >= 4 is 16.0 Å². The van der Waals surface area contributed by atoms with Crippen molar-refractivity contribution in [3.05, 3.63) is 29.1 Å². The molecule has 0 radical (unpaired) electrons. The molecule has 0 saturated heterocycles. The molecule has 0 aromatic heterocycles. The third-order valence-electron chi connectivity index (χ3n) is 3.01. The number of sulfonamides is 1. The Morgan fingerprint density at radius 1 is 1.38 bits per heavy atom. The van der Waals surface area contributed by atoms with Gasteiger partial charge in [-0.2, -0.15) is 0 Å². The summed E-state index contributed by atoms with van der Waals surface area (Å²) < 4.78 is 41.3. The van der Waals surface area contributed by atoms with Crippen molar-refractivity contribution in [1.82, 2.24) is 0 Å². The summed E-state index contributed by atoms with van der Waals surface area (Å²) in [6.07, 6.45) is 1.59. The molecular formula is C14H20FNO4S. The summed E-state index contributed by atoms with van der Waals surface area (Å²) in [5, 5.41) is 5.00. The second-order valence-corrected chi connectivity index (χ2v) is 6.82. The second-order valence-electron chi connectivity index (χ2n) is 5.29. The van der Waals surface area contributed by atoms with E-state index in [0.29, 0.717) is 12.3 Å². The van der Waals surface area contributed by atoms with Crippen LogP contribution in [0.5, 0.6) is 0 Å². The highest BCUT2D eigenvalue weighted by Gasteiger charge is 2.20. The molecule has 7 heteroatoms. The Hall–Kier alpha value is -1.47. The third kappa shape index (κ3) is 5.09. The monoisotopic (exact) mass is 317 g/mol. The molecule has 5 nitrogen and oxygen atoms in total. The topological polar surface area (TPSA) is 86.5 Å². The largest absolute Gasteiger partial charge is 0.462 e. The summed E-state index contributed by atoms with van der Waals surface area (Å²) in [6.45, 7) is 5.70. The minimum Gasteiger partial charge on any atom is -0.462 e.